The average Bonchev–Trinajstić information content (AvgIpc) is 2.79. The van der Waals surface area contributed by atoms with E-state index in [1.807, 2.05) is 43.3 Å². The van der Waals surface area contributed by atoms with E-state index in [-0.39, 0.29) is 0 Å². The van der Waals surface area contributed by atoms with Gasteiger partial charge in [0.05, 0.1) is 6.61 Å². The Morgan fingerprint density at radius 3 is 2.42 bits per heavy atom. The molecule has 0 saturated heterocycles. The Hall–Kier alpha value is -2.69. The van der Waals surface area contributed by atoms with E-state index in [2.05, 4.69) is 63.7 Å². The lowest BCUT2D eigenvalue weighted by Gasteiger charge is -2.16. The topological polar surface area (TPSA) is 30.5 Å². The van der Waals surface area contributed by atoms with Gasteiger partial charge in [-0.2, -0.15) is 0 Å². The number of fused-ring (bicyclic) bond motifs is 1. The minimum Gasteiger partial charge on any atom is -0.490 e. The van der Waals surface area contributed by atoms with Crippen molar-refractivity contribution in [2.24, 2.45) is 0 Å². The van der Waals surface area contributed by atoms with Crippen LogP contribution in [0.15, 0.2) is 83.3 Å². The van der Waals surface area contributed by atoms with E-state index >= 15 is 0 Å². The summed E-state index contributed by atoms with van der Waals surface area (Å²) in [5, 5.41) is 6.69. The first-order valence-corrected chi connectivity index (χ1v) is 11.3. The number of nitrogens with one attached hydrogen (secondary N) is 1. The predicted molar refractivity (Wildman–Crippen MR) is 132 cm³/mol. The Kier molecular flexibility index (Phi) is 7.00. The quantitative estimate of drug-likeness (QED) is 0.269. The third-order valence-corrected chi connectivity index (χ3v) is 5.97. The van der Waals surface area contributed by atoms with Gasteiger partial charge in [-0.1, -0.05) is 76.1 Å². The molecule has 31 heavy (non-hydrogen) atoms. The lowest BCUT2D eigenvalue weighted by molar-refractivity contribution is 0.269. The minimum absolute atomic E-state index is 0.442. The predicted octanol–water partition coefficient (Wildman–Crippen LogP) is 7.85. The van der Waals surface area contributed by atoms with Gasteiger partial charge in [0.1, 0.15) is 6.61 Å². The molecule has 0 aliphatic rings. The zero-order chi connectivity index (χ0) is 21.6. The first-order valence-electron chi connectivity index (χ1n) is 10.2. The highest BCUT2D eigenvalue weighted by molar-refractivity contribution is 9.10. The summed E-state index contributed by atoms with van der Waals surface area (Å²) in [5.41, 5.74) is 3.24. The summed E-state index contributed by atoms with van der Waals surface area (Å²) in [6.07, 6.45) is 0. The Morgan fingerprint density at radius 1 is 0.871 bits per heavy atom. The number of rotatable bonds is 8. The summed E-state index contributed by atoms with van der Waals surface area (Å²) in [4.78, 5) is 0. The van der Waals surface area contributed by atoms with Gasteiger partial charge in [-0.25, -0.2) is 0 Å². The highest BCUT2D eigenvalue weighted by atomic mass is 79.9. The molecule has 0 aliphatic carbocycles. The van der Waals surface area contributed by atoms with Gasteiger partial charge in [-0.05, 0) is 53.8 Å². The number of ether oxygens (including phenoxy) is 2. The molecule has 0 unspecified atom stereocenters. The van der Waals surface area contributed by atoms with Gasteiger partial charge in [-0.3, -0.25) is 0 Å². The molecule has 158 valence electrons. The number of anilines is 1. The van der Waals surface area contributed by atoms with Crippen molar-refractivity contribution in [2.75, 3.05) is 11.9 Å². The second-order valence-electron chi connectivity index (χ2n) is 7.12. The maximum Gasteiger partial charge on any atom is 0.162 e. The zero-order valence-corrected chi connectivity index (χ0v) is 19.5. The molecule has 4 aromatic rings. The van der Waals surface area contributed by atoms with Gasteiger partial charge in [0.25, 0.3) is 0 Å². The molecule has 0 amide bonds. The van der Waals surface area contributed by atoms with E-state index in [0.29, 0.717) is 30.5 Å². The third-order valence-electron chi connectivity index (χ3n) is 4.98. The molecule has 3 nitrogen and oxygen atoms in total. The molecule has 4 rings (SSSR count). The van der Waals surface area contributed by atoms with Crippen LogP contribution in [0.5, 0.6) is 11.5 Å². The van der Waals surface area contributed by atoms with Gasteiger partial charge in [0.15, 0.2) is 11.5 Å². The van der Waals surface area contributed by atoms with Crippen molar-refractivity contribution in [3.05, 3.63) is 99.5 Å². The fourth-order valence-electron chi connectivity index (χ4n) is 3.41. The first-order chi connectivity index (χ1) is 15.1. The van der Waals surface area contributed by atoms with Crippen molar-refractivity contribution < 1.29 is 9.47 Å². The fraction of sp³-hybridized carbons (Fsp3) is 0.154. The van der Waals surface area contributed by atoms with Crippen LogP contribution in [0.25, 0.3) is 10.8 Å². The summed E-state index contributed by atoms with van der Waals surface area (Å²) >= 11 is 9.67. The molecular formula is C26H23BrClNO2. The normalized spacial score (nSPS) is 10.8. The number of hydrogen-bond acceptors (Lipinski definition) is 3. The van der Waals surface area contributed by atoms with Crippen molar-refractivity contribution in [1.29, 1.82) is 0 Å². The van der Waals surface area contributed by atoms with E-state index in [4.69, 9.17) is 21.1 Å². The van der Waals surface area contributed by atoms with Gasteiger partial charge >= 0.3 is 0 Å². The number of halogens is 2. The maximum absolute atomic E-state index is 6.05. The van der Waals surface area contributed by atoms with Crippen molar-refractivity contribution in [3.8, 4) is 11.5 Å². The lowest BCUT2D eigenvalue weighted by Crippen LogP contribution is -2.04. The molecule has 0 bridgehead atoms. The molecule has 0 saturated carbocycles. The van der Waals surface area contributed by atoms with Crippen LogP contribution in [0.1, 0.15) is 18.1 Å². The molecule has 1 N–H and O–H groups in total. The molecule has 0 radical (unpaired) electrons. The van der Waals surface area contributed by atoms with Crippen LogP contribution in [0.4, 0.5) is 5.69 Å². The van der Waals surface area contributed by atoms with Crippen molar-refractivity contribution >= 4 is 44.0 Å². The SMILES string of the molecule is CCOc1cc(CNc2cccc3ccccc23)c(Br)cc1OCc1ccc(Cl)cc1. The highest BCUT2D eigenvalue weighted by Crippen LogP contribution is 2.35. The first kappa shape index (κ1) is 21.5. The maximum atomic E-state index is 6.05. The monoisotopic (exact) mass is 495 g/mol. The number of benzene rings is 4. The van der Waals surface area contributed by atoms with Crippen molar-refractivity contribution in [1.82, 2.24) is 0 Å². The summed E-state index contributed by atoms with van der Waals surface area (Å²) in [6, 6.07) is 26.3. The molecule has 4 aromatic carbocycles. The van der Waals surface area contributed by atoms with E-state index in [1.165, 1.54) is 10.8 Å². The Balaban J connectivity index is 1.52. The minimum atomic E-state index is 0.442. The molecule has 0 atom stereocenters. The van der Waals surface area contributed by atoms with Gasteiger partial charge in [-0.15, -0.1) is 0 Å². The van der Waals surface area contributed by atoms with Gasteiger partial charge in [0, 0.05) is 27.1 Å². The van der Waals surface area contributed by atoms with E-state index in [1.54, 1.807) is 0 Å². The highest BCUT2D eigenvalue weighted by Gasteiger charge is 2.12. The van der Waals surface area contributed by atoms with Crippen molar-refractivity contribution in [2.45, 2.75) is 20.1 Å². The number of hydrogen-bond donors (Lipinski definition) is 1. The molecule has 0 aromatic heterocycles. The molecule has 5 heteroatoms. The summed E-state index contributed by atoms with van der Waals surface area (Å²) < 4.78 is 12.9. The van der Waals surface area contributed by atoms with Crippen LogP contribution >= 0.6 is 27.5 Å². The van der Waals surface area contributed by atoms with Crippen LogP contribution in [-0.4, -0.2) is 6.61 Å². The van der Waals surface area contributed by atoms with Crippen LogP contribution in [0.3, 0.4) is 0 Å². The van der Waals surface area contributed by atoms with Crippen LogP contribution in [0, 0.1) is 0 Å². The van der Waals surface area contributed by atoms with E-state index in [9.17, 15) is 0 Å². The van der Waals surface area contributed by atoms with Crippen LogP contribution in [-0.2, 0) is 13.2 Å². The second kappa shape index (κ2) is 10.1. The molecule has 0 aliphatic heterocycles. The third kappa shape index (κ3) is 5.33. The summed E-state index contributed by atoms with van der Waals surface area (Å²) in [6.45, 7) is 3.64. The van der Waals surface area contributed by atoms with Crippen LogP contribution in [0.2, 0.25) is 5.02 Å². The van der Waals surface area contributed by atoms with E-state index in [0.717, 1.165) is 27.0 Å². The van der Waals surface area contributed by atoms with Gasteiger partial charge in [0.2, 0.25) is 0 Å². The molecule has 0 spiro atoms. The fourth-order valence-corrected chi connectivity index (χ4v) is 3.99. The van der Waals surface area contributed by atoms with E-state index < -0.39 is 0 Å². The molecular weight excluding hydrogens is 474 g/mol. The van der Waals surface area contributed by atoms with Gasteiger partial charge < -0.3 is 14.8 Å². The smallest absolute Gasteiger partial charge is 0.162 e. The largest absolute Gasteiger partial charge is 0.490 e. The zero-order valence-electron chi connectivity index (χ0n) is 17.2. The Morgan fingerprint density at radius 2 is 1.61 bits per heavy atom. The molecule has 0 heterocycles. The Bertz CT molecular complexity index is 1170. The second-order valence-corrected chi connectivity index (χ2v) is 8.41. The standard InChI is InChI=1S/C26H23BrClNO2/c1-2-30-25-14-20(16-29-24-9-5-7-19-6-3-4-8-22(19)24)23(27)15-26(25)31-17-18-10-12-21(28)13-11-18/h3-15,29H,2,16-17H2,1H3. The summed E-state index contributed by atoms with van der Waals surface area (Å²) in [7, 11) is 0. The summed E-state index contributed by atoms with van der Waals surface area (Å²) in [5.74, 6) is 1.44. The lowest BCUT2D eigenvalue weighted by atomic mass is 10.1. The van der Waals surface area contributed by atoms with Crippen molar-refractivity contribution in [3.63, 3.8) is 0 Å². The average molecular weight is 497 g/mol. The Labute approximate surface area is 196 Å². The van der Waals surface area contributed by atoms with Crippen LogP contribution < -0.4 is 14.8 Å². The molecule has 0 fully saturated rings.